The highest BCUT2D eigenvalue weighted by molar-refractivity contribution is 7.08. The minimum atomic E-state index is -0.338. The van der Waals surface area contributed by atoms with Crippen molar-refractivity contribution in [1.82, 2.24) is 9.80 Å². The van der Waals surface area contributed by atoms with Crippen LogP contribution in [-0.2, 0) is 4.79 Å². The quantitative estimate of drug-likeness (QED) is 0.861. The molecule has 1 aromatic carbocycles. The van der Waals surface area contributed by atoms with Crippen molar-refractivity contribution in [3.05, 3.63) is 46.9 Å². The van der Waals surface area contributed by atoms with Gasteiger partial charge in [-0.05, 0) is 49.2 Å². The van der Waals surface area contributed by atoms with E-state index in [1.165, 1.54) is 12.1 Å². The maximum Gasteiger partial charge on any atom is 0.321 e. The van der Waals surface area contributed by atoms with Crippen molar-refractivity contribution < 1.29 is 14.0 Å². The molecule has 3 heterocycles. The first kappa shape index (κ1) is 17.9. The molecule has 1 N–H and O–H groups in total. The Bertz CT molecular complexity index is 842. The lowest BCUT2D eigenvalue weighted by atomic mass is 9.93. The molecule has 2 aromatic rings. The van der Waals surface area contributed by atoms with E-state index in [0.717, 1.165) is 12.1 Å². The van der Waals surface area contributed by atoms with Gasteiger partial charge in [0.1, 0.15) is 5.82 Å². The molecule has 2 fully saturated rings. The van der Waals surface area contributed by atoms with Gasteiger partial charge >= 0.3 is 6.03 Å². The Hall–Kier alpha value is -2.45. The van der Waals surface area contributed by atoms with E-state index in [1.54, 1.807) is 28.4 Å². The molecule has 3 amide bonds. The molecule has 0 bridgehead atoms. The van der Waals surface area contributed by atoms with Gasteiger partial charge in [0.05, 0.1) is 17.8 Å². The molecule has 2 saturated heterocycles. The summed E-state index contributed by atoms with van der Waals surface area (Å²) < 4.78 is 13.0. The summed E-state index contributed by atoms with van der Waals surface area (Å²) in [6, 6.07) is 7.48. The molecule has 1 aromatic heterocycles. The second kappa shape index (κ2) is 6.94. The second-order valence-electron chi connectivity index (χ2n) is 7.15. The smallest absolute Gasteiger partial charge is 0.321 e. The Morgan fingerprint density at radius 1 is 1.22 bits per heavy atom. The highest BCUT2D eigenvalue weighted by Gasteiger charge is 2.48. The van der Waals surface area contributed by atoms with Gasteiger partial charge in [-0.25, -0.2) is 9.18 Å². The van der Waals surface area contributed by atoms with Gasteiger partial charge in [-0.3, -0.25) is 9.69 Å². The zero-order valence-corrected chi connectivity index (χ0v) is 15.8. The zero-order valence-electron chi connectivity index (χ0n) is 15.0. The summed E-state index contributed by atoms with van der Waals surface area (Å²) in [5.41, 5.74) is 1.23. The van der Waals surface area contributed by atoms with Crippen LogP contribution in [-0.4, -0.2) is 60.5 Å². The van der Waals surface area contributed by atoms with Gasteiger partial charge in [-0.15, -0.1) is 0 Å². The van der Waals surface area contributed by atoms with Crippen LogP contribution in [0.3, 0.4) is 0 Å². The standard InChI is InChI=1S/C19H21FN4O2S/c1-22-10-17(25)24(16-6-9-27-11-16)13-19(22)7-8-23(12-19)18(26)21-15-4-2-14(20)3-5-15/h2-6,9,11H,7-8,10,12-13H2,1H3,(H,21,26)/t19-/m1/s1. The fourth-order valence-corrected chi connectivity index (χ4v) is 4.45. The third-order valence-electron chi connectivity index (χ3n) is 5.47. The number of piperazine rings is 1. The molecular weight excluding hydrogens is 367 g/mol. The van der Waals surface area contributed by atoms with Crippen molar-refractivity contribution in [2.24, 2.45) is 0 Å². The largest absolute Gasteiger partial charge is 0.323 e. The molecule has 1 spiro atoms. The van der Waals surface area contributed by atoms with Gasteiger partial charge in [-0.2, -0.15) is 11.3 Å². The lowest BCUT2D eigenvalue weighted by Crippen LogP contribution is -2.64. The minimum Gasteiger partial charge on any atom is -0.323 e. The number of hydrogen-bond acceptors (Lipinski definition) is 4. The Kier molecular flexibility index (Phi) is 4.61. The van der Waals surface area contributed by atoms with E-state index in [-0.39, 0.29) is 23.3 Å². The lowest BCUT2D eigenvalue weighted by Gasteiger charge is -2.46. The van der Waals surface area contributed by atoms with E-state index in [0.29, 0.717) is 31.9 Å². The molecule has 8 heteroatoms. The van der Waals surface area contributed by atoms with E-state index >= 15 is 0 Å². The number of rotatable bonds is 2. The van der Waals surface area contributed by atoms with Crippen LogP contribution in [0.4, 0.5) is 20.6 Å². The van der Waals surface area contributed by atoms with E-state index in [2.05, 4.69) is 10.2 Å². The number of amides is 3. The van der Waals surface area contributed by atoms with Gasteiger partial charge in [-0.1, -0.05) is 0 Å². The average molecular weight is 388 g/mol. The molecule has 142 valence electrons. The predicted molar refractivity (Wildman–Crippen MR) is 104 cm³/mol. The van der Waals surface area contributed by atoms with Crippen LogP contribution in [0, 0.1) is 5.82 Å². The Balaban J connectivity index is 1.47. The third-order valence-corrected chi connectivity index (χ3v) is 6.14. The second-order valence-corrected chi connectivity index (χ2v) is 7.93. The number of nitrogens with zero attached hydrogens (tertiary/aromatic N) is 3. The molecule has 0 radical (unpaired) electrons. The summed E-state index contributed by atoms with van der Waals surface area (Å²) in [5, 5.41) is 6.76. The van der Waals surface area contributed by atoms with Gasteiger partial charge in [0.15, 0.2) is 0 Å². The topological polar surface area (TPSA) is 55.9 Å². The maximum atomic E-state index is 13.0. The number of benzene rings is 1. The number of carbonyl (C=O) groups is 2. The maximum absolute atomic E-state index is 13.0. The van der Waals surface area contributed by atoms with Crippen molar-refractivity contribution in [1.29, 1.82) is 0 Å². The first-order valence-corrected chi connectivity index (χ1v) is 9.76. The number of halogens is 1. The molecule has 0 aliphatic carbocycles. The molecule has 27 heavy (non-hydrogen) atoms. The van der Waals surface area contributed by atoms with E-state index in [9.17, 15) is 14.0 Å². The molecular formula is C19H21FN4O2S. The molecule has 1 atom stereocenters. The van der Waals surface area contributed by atoms with Gasteiger partial charge in [0, 0.05) is 30.7 Å². The number of urea groups is 1. The molecule has 0 saturated carbocycles. The molecule has 4 rings (SSSR count). The highest BCUT2D eigenvalue weighted by atomic mass is 32.1. The van der Waals surface area contributed by atoms with Gasteiger partial charge in [0.25, 0.3) is 0 Å². The summed E-state index contributed by atoms with van der Waals surface area (Å²) in [6.07, 6.45) is 0.800. The van der Waals surface area contributed by atoms with Crippen LogP contribution < -0.4 is 10.2 Å². The SMILES string of the molecule is CN1CC(=O)N(c2ccsc2)C[C@]12CCN(C(=O)Nc1ccc(F)cc1)C2. The summed E-state index contributed by atoms with van der Waals surface area (Å²) in [5.74, 6) is -0.258. The molecule has 6 nitrogen and oxygen atoms in total. The fourth-order valence-electron chi connectivity index (χ4n) is 3.81. The zero-order chi connectivity index (χ0) is 19.0. The number of likely N-dealkylation sites (tertiary alicyclic amines) is 1. The van der Waals surface area contributed by atoms with Crippen molar-refractivity contribution in [3.8, 4) is 0 Å². The molecule has 0 unspecified atom stereocenters. The first-order valence-electron chi connectivity index (χ1n) is 8.82. The van der Waals surface area contributed by atoms with Crippen LogP contribution in [0.15, 0.2) is 41.1 Å². The number of thiophene rings is 1. The van der Waals surface area contributed by atoms with E-state index in [1.807, 2.05) is 28.8 Å². The Morgan fingerprint density at radius 2 is 2.00 bits per heavy atom. The summed E-state index contributed by atoms with van der Waals surface area (Å²) in [4.78, 5) is 30.8. The normalized spacial score (nSPS) is 23.3. The van der Waals surface area contributed by atoms with Crippen LogP contribution in [0.5, 0.6) is 0 Å². The van der Waals surface area contributed by atoms with E-state index in [4.69, 9.17) is 0 Å². The number of hydrogen-bond donors (Lipinski definition) is 1. The Labute approximate surface area is 161 Å². The number of anilines is 2. The summed E-state index contributed by atoms with van der Waals surface area (Å²) >= 11 is 1.57. The highest BCUT2D eigenvalue weighted by Crippen LogP contribution is 2.34. The number of nitrogens with one attached hydrogen (secondary N) is 1. The Morgan fingerprint density at radius 3 is 2.70 bits per heavy atom. The van der Waals surface area contributed by atoms with Crippen LogP contribution in [0.1, 0.15) is 6.42 Å². The fraction of sp³-hybridized carbons (Fsp3) is 0.368. The third kappa shape index (κ3) is 3.42. The van der Waals surface area contributed by atoms with Crippen molar-refractivity contribution in [2.75, 3.05) is 43.4 Å². The summed E-state index contributed by atoms with van der Waals surface area (Å²) in [7, 11) is 1.95. The molecule has 2 aliphatic heterocycles. The van der Waals surface area contributed by atoms with Gasteiger partial charge in [0.2, 0.25) is 5.91 Å². The summed E-state index contributed by atoms with van der Waals surface area (Å²) in [6.45, 7) is 2.07. The monoisotopic (exact) mass is 388 g/mol. The van der Waals surface area contributed by atoms with Crippen LogP contribution in [0.2, 0.25) is 0 Å². The van der Waals surface area contributed by atoms with Crippen LogP contribution >= 0.6 is 11.3 Å². The molecule has 2 aliphatic rings. The van der Waals surface area contributed by atoms with Gasteiger partial charge < -0.3 is 15.1 Å². The van der Waals surface area contributed by atoms with Crippen molar-refractivity contribution >= 4 is 34.6 Å². The minimum absolute atomic E-state index is 0.0794. The van der Waals surface area contributed by atoms with Crippen molar-refractivity contribution in [3.63, 3.8) is 0 Å². The first-order chi connectivity index (χ1) is 13.0. The predicted octanol–water partition coefficient (Wildman–Crippen LogP) is 2.84. The lowest BCUT2D eigenvalue weighted by molar-refractivity contribution is -0.123. The van der Waals surface area contributed by atoms with Crippen molar-refractivity contribution in [2.45, 2.75) is 12.0 Å². The number of carbonyl (C=O) groups excluding carboxylic acids is 2. The number of likely N-dealkylation sites (N-methyl/N-ethyl adjacent to an activating group) is 1. The van der Waals surface area contributed by atoms with Crippen LogP contribution in [0.25, 0.3) is 0 Å². The van der Waals surface area contributed by atoms with E-state index < -0.39 is 0 Å². The average Bonchev–Trinajstić information content (AvgIpc) is 3.31.